The highest BCUT2D eigenvalue weighted by Gasteiger charge is 1.98. The van der Waals surface area contributed by atoms with Crippen LogP contribution in [0.15, 0.2) is 12.3 Å². The van der Waals surface area contributed by atoms with Crippen LogP contribution in [0.5, 0.6) is 0 Å². The van der Waals surface area contributed by atoms with Gasteiger partial charge in [-0.15, -0.1) is 0 Å². The van der Waals surface area contributed by atoms with E-state index >= 15 is 0 Å². The van der Waals surface area contributed by atoms with Crippen molar-refractivity contribution in [1.29, 1.82) is 0 Å². The van der Waals surface area contributed by atoms with Crippen molar-refractivity contribution in [3.63, 3.8) is 0 Å². The third kappa shape index (κ3) is 1.61. The minimum absolute atomic E-state index is 0.607. The molecule has 0 bridgehead atoms. The first-order valence-corrected chi connectivity index (χ1v) is 3.50. The zero-order chi connectivity index (χ0) is 8.43. The third-order valence-corrected chi connectivity index (χ3v) is 1.62. The van der Waals surface area contributed by atoms with Gasteiger partial charge < -0.3 is 10.6 Å². The number of nitrogen functional groups attached to an aromatic ring is 1. The summed E-state index contributed by atoms with van der Waals surface area (Å²) >= 11 is 0. The quantitative estimate of drug-likeness (QED) is 0.652. The van der Waals surface area contributed by atoms with Gasteiger partial charge in [0, 0.05) is 14.1 Å². The SMILES string of the molecule is Cc1cc(N(C)C)cnc1N. The number of nitrogens with zero attached hydrogens (tertiary/aromatic N) is 2. The average molecular weight is 151 g/mol. The Balaban J connectivity index is 3.05. The smallest absolute Gasteiger partial charge is 0.126 e. The molecule has 1 rings (SSSR count). The van der Waals surface area contributed by atoms with Gasteiger partial charge in [-0.3, -0.25) is 0 Å². The summed E-state index contributed by atoms with van der Waals surface area (Å²) in [5.74, 6) is 0.607. The molecule has 1 aromatic heterocycles. The second kappa shape index (κ2) is 2.78. The van der Waals surface area contributed by atoms with E-state index in [1.165, 1.54) is 0 Å². The minimum Gasteiger partial charge on any atom is -0.383 e. The lowest BCUT2D eigenvalue weighted by Gasteiger charge is -2.12. The zero-order valence-electron chi connectivity index (χ0n) is 7.13. The molecule has 0 spiro atoms. The van der Waals surface area contributed by atoms with Crippen LogP contribution < -0.4 is 10.6 Å². The van der Waals surface area contributed by atoms with Crippen molar-refractivity contribution in [2.75, 3.05) is 24.7 Å². The fourth-order valence-corrected chi connectivity index (χ4v) is 0.815. The molecule has 0 aliphatic rings. The number of anilines is 2. The highest BCUT2D eigenvalue weighted by molar-refractivity contribution is 5.51. The van der Waals surface area contributed by atoms with Crippen molar-refractivity contribution in [3.05, 3.63) is 17.8 Å². The van der Waals surface area contributed by atoms with Gasteiger partial charge in [0.1, 0.15) is 5.82 Å². The molecule has 1 aromatic rings. The Morgan fingerprint density at radius 3 is 2.55 bits per heavy atom. The van der Waals surface area contributed by atoms with Gasteiger partial charge in [0.05, 0.1) is 11.9 Å². The average Bonchev–Trinajstić information content (AvgIpc) is 1.94. The lowest BCUT2D eigenvalue weighted by atomic mass is 10.2. The number of rotatable bonds is 1. The summed E-state index contributed by atoms with van der Waals surface area (Å²) in [5.41, 5.74) is 7.66. The molecule has 0 atom stereocenters. The fourth-order valence-electron chi connectivity index (χ4n) is 0.815. The Bertz CT molecular complexity index is 256. The predicted octanol–water partition coefficient (Wildman–Crippen LogP) is 1.04. The van der Waals surface area contributed by atoms with E-state index in [0.29, 0.717) is 5.82 Å². The van der Waals surface area contributed by atoms with Crippen LogP contribution in [-0.2, 0) is 0 Å². The van der Waals surface area contributed by atoms with Crippen molar-refractivity contribution < 1.29 is 0 Å². The van der Waals surface area contributed by atoms with E-state index in [0.717, 1.165) is 11.3 Å². The summed E-state index contributed by atoms with van der Waals surface area (Å²) in [6, 6.07) is 2.02. The van der Waals surface area contributed by atoms with Crippen molar-refractivity contribution in [1.82, 2.24) is 4.98 Å². The standard InChI is InChI=1S/C8H13N3/c1-6-4-7(11(2)3)5-10-8(6)9/h4-5H,1-3H3,(H2,9,10). The lowest BCUT2D eigenvalue weighted by Crippen LogP contribution is -2.09. The zero-order valence-corrected chi connectivity index (χ0v) is 7.13. The molecule has 3 nitrogen and oxygen atoms in total. The molecule has 0 aliphatic carbocycles. The van der Waals surface area contributed by atoms with Crippen molar-refractivity contribution >= 4 is 11.5 Å². The third-order valence-electron chi connectivity index (χ3n) is 1.62. The summed E-state index contributed by atoms with van der Waals surface area (Å²) in [7, 11) is 3.96. The Morgan fingerprint density at radius 2 is 2.09 bits per heavy atom. The Labute approximate surface area is 66.8 Å². The second-order valence-corrected chi connectivity index (χ2v) is 2.79. The molecule has 0 saturated carbocycles. The molecule has 0 radical (unpaired) electrons. The fraction of sp³-hybridized carbons (Fsp3) is 0.375. The van der Waals surface area contributed by atoms with Crippen LogP contribution in [0.2, 0.25) is 0 Å². The summed E-state index contributed by atoms with van der Waals surface area (Å²) in [6.45, 7) is 1.95. The number of hydrogen-bond acceptors (Lipinski definition) is 3. The summed E-state index contributed by atoms with van der Waals surface area (Å²) in [4.78, 5) is 6.04. The molecule has 0 fully saturated rings. The van der Waals surface area contributed by atoms with Gasteiger partial charge in [-0.2, -0.15) is 0 Å². The lowest BCUT2D eigenvalue weighted by molar-refractivity contribution is 1.10. The molecule has 0 amide bonds. The molecule has 60 valence electrons. The van der Waals surface area contributed by atoms with Crippen molar-refractivity contribution in [3.8, 4) is 0 Å². The molecule has 0 unspecified atom stereocenters. The number of aryl methyl sites for hydroxylation is 1. The van der Waals surface area contributed by atoms with Gasteiger partial charge in [-0.1, -0.05) is 0 Å². The number of pyridine rings is 1. The van der Waals surface area contributed by atoms with Crippen molar-refractivity contribution in [2.45, 2.75) is 6.92 Å². The predicted molar refractivity (Wildman–Crippen MR) is 47.7 cm³/mol. The van der Waals surface area contributed by atoms with Crippen molar-refractivity contribution in [2.24, 2.45) is 0 Å². The van der Waals surface area contributed by atoms with Gasteiger partial charge in [0.15, 0.2) is 0 Å². The van der Waals surface area contributed by atoms with E-state index in [1.54, 1.807) is 6.20 Å². The first-order chi connectivity index (χ1) is 5.11. The van der Waals surface area contributed by atoms with E-state index in [9.17, 15) is 0 Å². The van der Waals surface area contributed by atoms with E-state index in [4.69, 9.17) is 5.73 Å². The molecular formula is C8H13N3. The normalized spacial score (nSPS) is 9.73. The van der Waals surface area contributed by atoms with Crippen LogP contribution in [0.25, 0.3) is 0 Å². The van der Waals surface area contributed by atoms with Gasteiger partial charge in [0.25, 0.3) is 0 Å². The maximum atomic E-state index is 5.56. The molecule has 11 heavy (non-hydrogen) atoms. The van der Waals surface area contributed by atoms with E-state index in [1.807, 2.05) is 32.0 Å². The Hall–Kier alpha value is -1.25. The molecule has 0 aromatic carbocycles. The van der Waals surface area contributed by atoms with E-state index < -0.39 is 0 Å². The number of hydrogen-bond donors (Lipinski definition) is 1. The Morgan fingerprint density at radius 1 is 1.45 bits per heavy atom. The molecule has 1 heterocycles. The van der Waals surface area contributed by atoms with E-state index in [-0.39, 0.29) is 0 Å². The second-order valence-electron chi connectivity index (χ2n) is 2.79. The van der Waals surface area contributed by atoms with Crippen LogP contribution in [-0.4, -0.2) is 19.1 Å². The van der Waals surface area contributed by atoms with Crippen LogP contribution in [0, 0.1) is 6.92 Å². The molecular weight excluding hydrogens is 138 g/mol. The van der Waals surface area contributed by atoms with Gasteiger partial charge in [-0.25, -0.2) is 4.98 Å². The Kier molecular flexibility index (Phi) is 1.98. The first-order valence-electron chi connectivity index (χ1n) is 3.50. The minimum atomic E-state index is 0.607. The first kappa shape index (κ1) is 7.85. The van der Waals surface area contributed by atoms with Crippen LogP contribution in [0.4, 0.5) is 11.5 Å². The van der Waals surface area contributed by atoms with Gasteiger partial charge in [-0.05, 0) is 18.6 Å². The number of aromatic nitrogens is 1. The topological polar surface area (TPSA) is 42.2 Å². The van der Waals surface area contributed by atoms with E-state index in [2.05, 4.69) is 4.98 Å². The maximum absolute atomic E-state index is 5.56. The largest absolute Gasteiger partial charge is 0.383 e. The number of nitrogens with two attached hydrogens (primary N) is 1. The van der Waals surface area contributed by atoms with Gasteiger partial charge in [0.2, 0.25) is 0 Å². The van der Waals surface area contributed by atoms with Crippen LogP contribution in [0.1, 0.15) is 5.56 Å². The van der Waals surface area contributed by atoms with Crippen LogP contribution >= 0.6 is 0 Å². The molecule has 0 saturated heterocycles. The molecule has 0 aliphatic heterocycles. The highest BCUT2D eigenvalue weighted by Crippen LogP contribution is 2.14. The van der Waals surface area contributed by atoms with Gasteiger partial charge >= 0.3 is 0 Å². The monoisotopic (exact) mass is 151 g/mol. The summed E-state index contributed by atoms with van der Waals surface area (Å²) < 4.78 is 0. The molecule has 2 N–H and O–H groups in total. The maximum Gasteiger partial charge on any atom is 0.126 e. The molecule has 3 heteroatoms. The van der Waals surface area contributed by atoms with Crippen LogP contribution in [0.3, 0.4) is 0 Å². The summed E-state index contributed by atoms with van der Waals surface area (Å²) in [5, 5.41) is 0. The summed E-state index contributed by atoms with van der Waals surface area (Å²) in [6.07, 6.45) is 1.77. The highest BCUT2D eigenvalue weighted by atomic mass is 15.1.